The lowest BCUT2D eigenvalue weighted by Crippen LogP contribution is -2.22. The van der Waals surface area contributed by atoms with E-state index in [1.165, 1.54) is 6.08 Å². The van der Waals surface area contributed by atoms with Gasteiger partial charge >= 0.3 is 5.97 Å². The highest BCUT2D eigenvalue weighted by Gasteiger charge is 2.16. The van der Waals surface area contributed by atoms with Crippen molar-refractivity contribution in [1.82, 2.24) is 0 Å². The Hall–Kier alpha value is -1.19. The van der Waals surface area contributed by atoms with Crippen molar-refractivity contribution in [2.75, 3.05) is 6.61 Å². The number of aliphatic carboxylic acids is 1. The first-order valence-electron chi connectivity index (χ1n) is 4.80. The largest absolute Gasteiger partial charge is 0.480 e. The Morgan fingerprint density at radius 2 is 2.13 bits per heavy atom. The summed E-state index contributed by atoms with van der Waals surface area (Å²) in [5, 5.41) is 8.65. The number of hydrogen-bond acceptors (Lipinski definition) is 4. The summed E-state index contributed by atoms with van der Waals surface area (Å²) in [5.41, 5.74) is -0.230. The summed E-state index contributed by atoms with van der Waals surface area (Å²) < 4.78 is 5.40. The van der Waals surface area contributed by atoms with Crippen molar-refractivity contribution in [2.45, 2.75) is 45.3 Å². The van der Waals surface area contributed by atoms with E-state index in [9.17, 15) is 9.59 Å². The zero-order valence-electron chi connectivity index (χ0n) is 9.32. The van der Waals surface area contributed by atoms with Gasteiger partial charge in [0.1, 0.15) is 0 Å². The van der Waals surface area contributed by atoms with Crippen LogP contribution in [0.2, 0.25) is 0 Å². The van der Waals surface area contributed by atoms with E-state index in [0.29, 0.717) is 19.4 Å². The van der Waals surface area contributed by atoms with Gasteiger partial charge in [-0.3, -0.25) is 0 Å². The third-order valence-corrected chi connectivity index (χ3v) is 1.65. The molecule has 0 radical (unpaired) electrons. The predicted octanol–water partition coefficient (Wildman–Crippen LogP) is 1.37. The molecule has 0 saturated heterocycles. The Morgan fingerprint density at radius 3 is 2.53 bits per heavy atom. The summed E-state index contributed by atoms with van der Waals surface area (Å²) in [4.78, 5) is 23.7. The number of nitrogens with zero attached hydrogens (tertiary/aromatic N) is 1. The van der Waals surface area contributed by atoms with Crippen LogP contribution in [0.15, 0.2) is 4.99 Å². The fourth-order valence-electron chi connectivity index (χ4n) is 0.962. The molecule has 0 aliphatic heterocycles. The van der Waals surface area contributed by atoms with Crippen LogP contribution in [0.4, 0.5) is 0 Å². The van der Waals surface area contributed by atoms with Crippen LogP contribution in [-0.4, -0.2) is 35.4 Å². The van der Waals surface area contributed by atoms with Crippen LogP contribution in [0, 0.1) is 0 Å². The van der Waals surface area contributed by atoms with E-state index < -0.39 is 12.0 Å². The molecule has 0 aliphatic carbocycles. The van der Waals surface area contributed by atoms with Gasteiger partial charge in [0.15, 0.2) is 6.04 Å². The molecule has 0 heterocycles. The Morgan fingerprint density at radius 1 is 1.53 bits per heavy atom. The van der Waals surface area contributed by atoms with E-state index in [2.05, 4.69) is 4.99 Å². The smallest absolute Gasteiger partial charge is 0.329 e. The normalized spacial score (nSPS) is 13.0. The molecule has 0 bridgehead atoms. The van der Waals surface area contributed by atoms with Gasteiger partial charge in [0, 0.05) is 6.61 Å². The third-order valence-electron chi connectivity index (χ3n) is 1.65. The second kappa shape index (κ2) is 6.32. The molecular weight excluding hydrogens is 198 g/mol. The third kappa shape index (κ3) is 7.85. The molecule has 1 unspecified atom stereocenters. The molecular formula is C10H17NO4. The first-order chi connectivity index (χ1) is 6.87. The van der Waals surface area contributed by atoms with E-state index in [1.54, 1.807) is 0 Å². The van der Waals surface area contributed by atoms with E-state index in [1.807, 2.05) is 20.8 Å². The maximum absolute atomic E-state index is 10.6. The fourth-order valence-corrected chi connectivity index (χ4v) is 0.962. The van der Waals surface area contributed by atoms with Crippen molar-refractivity contribution in [2.24, 2.45) is 4.99 Å². The standard InChI is InChI=1S/C10H17NO4/c1-10(2,3)15-6-4-5-8(9(13)14)11-7-12/h8H,4-6H2,1-3H3,(H,13,14). The van der Waals surface area contributed by atoms with Crippen LogP contribution in [0.1, 0.15) is 33.6 Å². The zero-order valence-corrected chi connectivity index (χ0v) is 9.32. The Labute approximate surface area is 89.1 Å². The van der Waals surface area contributed by atoms with Crippen molar-refractivity contribution in [3.63, 3.8) is 0 Å². The van der Waals surface area contributed by atoms with E-state index >= 15 is 0 Å². The Balaban J connectivity index is 3.82. The predicted molar refractivity (Wildman–Crippen MR) is 54.5 cm³/mol. The van der Waals surface area contributed by atoms with Gasteiger partial charge in [0.25, 0.3) is 0 Å². The highest BCUT2D eigenvalue weighted by atomic mass is 16.5. The Bertz CT molecular complexity index is 249. The molecule has 5 heteroatoms. The lowest BCUT2D eigenvalue weighted by atomic mass is 10.1. The number of carboxylic acids is 1. The number of hydrogen-bond donors (Lipinski definition) is 1. The Kier molecular flexibility index (Phi) is 5.82. The summed E-state index contributed by atoms with van der Waals surface area (Å²) in [6.45, 7) is 6.23. The van der Waals surface area contributed by atoms with Gasteiger partial charge in [-0.2, -0.15) is 4.99 Å². The van der Waals surface area contributed by atoms with Crippen molar-refractivity contribution in [3.05, 3.63) is 0 Å². The monoisotopic (exact) mass is 215 g/mol. The minimum absolute atomic E-state index is 0.230. The van der Waals surface area contributed by atoms with Crippen LogP contribution in [-0.2, 0) is 14.3 Å². The molecule has 0 aromatic rings. The van der Waals surface area contributed by atoms with Gasteiger partial charge in [0.2, 0.25) is 6.08 Å². The first kappa shape index (κ1) is 13.8. The SMILES string of the molecule is CC(C)(C)OCCCC(N=C=O)C(=O)O. The average Bonchev–Trinajstić information content (AvgIpc) is 2.08. The molecule has 0 saturated carbocycles. The summed E-state index contributed by atoms with van der Waals surface area (Å²) in [6.07, 6.45) is 2.11. The highest BCUT2D eigenvalue weighted by molar-refractivity contribution is 5.74. The number of isocyanates is 1. The second-order valence-electron chi connectivity index (χ2n) is 4.18. The second-order valence-corrected chi connectivity index (χ2v) is 4.18. The molecule has 0 amide bonds. The first-order valence-corrected chi connectivity index (χ1v) is 4.80. The van der Waals surface area contributed by atoms with E-state index in [0.717, 1.165) is 0 Å². The van der Waals surface area contributed by atoms with Gasteiger partial charge in [0.05, 0.1) is 5.60 Å². The average molecular weight is 215 g/mol. The van der Waals surface area contributed by atoms with E-state index in [-0.39, 0.29) is 5.60 Å². The van der Waals surface area contributed by atoms with Crippen LogP contribution in [0.5, 0.6) is 0 Å². The minimum Gasteiger partial charge on any atom is -0.480 e. The van der Waals surface area contributed by atoms with Crippen LogP contribution in [0.3, 0.4) is 0 Å². The van der Waals surface area contributed by atoms with Crippen LogP contribution in [0.25, 0.3) is 0 Å². The summed E-state index contributed by atoms with van der Waals surface area (Å²) >= 11 is 0. The number of rotatable bonds is 6. The number of carbonyl (C=O) groups is 1. The lowest BCUT2D eigenvalue weighted by molar-refractivity contribution is -0.138. The summed E-state index contributed by atoms with van der Waals surface area (Å²) in [5.74, 6) is -1.10. The topological polar surface area (TPSA) is 76.0 Å². The van der Waals surface area contributed by atoms with Crippen LogP contribution < -0.4 is 0 Å². The summed E-state index contributed by atoms with van der Waals surface area (Å²) in [6, 6.07) is -0.994. The van der Waals surface area contributed by atoms with Gasteiger partial charge in [-0.25, -0.2) is 9.59 Å². The molecule has 0 spiro atoms. The molecule has 0 aromatic heterocycles. The van der Waals surface area contributed by atoms with Gasteiger partial charge in [-0.05, 0) is 33.6 Å². The molecule has 0 fully saturated rings. The molecule has 0 aromatic carbocycles. The number of carbonyl (C=O) groups excluding carboxylic acids is 1. The van der Waals surface area contributed by atoms with Crippen molar-refractivity contribution in [3.8, 4) is 0 Å². The molecule has 1 N–H and O–H groups in total. The molecule has 0 rings (SSSR count). The van der Waals surface area contributed by atoms with Crippen molar-refractivity contribution >= 4 is 12.0 Å². The quantitative estimate of drug-likeness (QED) is 0.412. The minimum atomic E-state index is -1.10. The van der Waals surface area contributed by atoms with Gasteiger partial charge in [-0.1, -0.05) is 0 Å². The van der Waals surface area contributed by atoms with Gasteiger partial charge in [-0.15, -0.1) is 0 Å². The van der Waals surface area contributed by atoms with Crippen LogP contribution >= 0.6 is 0 Å². The summed E-state index contributed by atoms with van der Waals surface area (Å²) in [7, 11) is 0. The maximum Gasteiger partial charge on any atom is 0.329 e. The number of ether oxygens (including phenoxy) is 1. The van der Waals surface area contributed by atoms with Crippen molar-refractivity contribution in [1.29, 1.82) is 0 Å². The molecule has 1 atom stereocenters. The van der Waals surface area contributed by atoms with E-state index in [4.69, 9.17) is 9.84 Å². The fraction of sp³-hybridized carbons (Fsp3) is 0.800. The maximum atomic E-state index is 10.6. The molecule has 0 aliphatic rings. The number of aliphatic imine (C=N–C) groups is 1. The molecule has 86 valence electrons. The lowest BCUT2D eigenvalue weighted by Gasteiger charge is -2.19. The number of carboxylic acid groups (broad SMARTS) is 1. The molecule has 15 heavy (non-hydrogen) atoms. The van der Waals surface area contributed by atoms with Gasteiger partial charge < -0.3 is 9.84 Å². The van der Waals surface area contributed by atoms with Crippen molar-refractivity contribution < 1.29 is 19.4 Å². The molecule has 5 nitrogen and oxygen atoms in total. The highest BCUT2D eigenvalue weighted by Crippen LogP contribution is 2.09. The zero-order chi connectivity index (χ0) is 11.9.